The summed E-state index contributed by atoms with van der Waals surface area (Å²) in [5.41, 5.74) is 7.18. The number of aromatic nitrogens is 1. The van der Waals surface area contributed by atoms with E-state index in [1.54, 1.807) is 13.1 Å². The van der Waals surface area contributed by atoms with Crippen LogP contribution in [0, 0.1) is 22.0 Å². The summed E-state index contributed by atoms with van der Waals surface area (Å²) in [5.74, 6) is -1.68. The fourth-order valence-electron chi connectivity index (χ4n) is 6.62. The molecule has 0 saturated carbocycles. The van der Waals surface area contributed by atoms with Gasteiger partial charge in [0.2, 0.25) is 23.6 Å². The maximum absolute atomic E-state index is 14.4. The summed E-state index contributed by atoms with van der Waals surface area (Å²) >= 11 is 0. The topological polar surface area (TPSA) is 233 Å². The molecule has 1 aliphatic rings. The molecule has 0 aliphatic carbocycles. The van der Waals surface area contributed by atoms with E-state index >= 15 is 0 Å². The van der Waals surface area contributed by atoms with Gasteiger partial charge in [0.1, 0.15) is 12.7 Å². The summed E-state index contributed by atoms with van der Waals surface area (Å²) in [6.07, 6.45) is 2.37. The van der Waals surface area contributed by atoms with Crippen LogP contribution in [-0.2, 0) is 19.2 Å². The maximum Gasteiger partial charge on any atom is 0.302 e. The number of carbonyl (C=O) groups excluding carboxylic acids is 4. The molecule has 18 heteroatoms. The van der Waals surface area contributed by atoms with E-state index in [1.165, 1.54) is 34.0 Å². The minimum absolute atomic E-state index is 0.000226. The lowest BCUT2D eigenvalue weighted by atomic mass is 9.95. The smallest absolute Gasteiger partial charge is 0.302 e. The van der Waals surface area contributed by atoms with Crippen LogP contribution in [0.15, 0.2) is 77.7 Å². The first kappa shape index (κ1) is 46.9. The van der Waals surface area contributed by atoms with Gasteiger partial charge in [0.25, 0.3) is 0 Å². The van der Waals surface area contributed by atoms with Gasteiger partial charge in [-0.25, -0.2) is 4.98 Å². The zero-order chi connectivity index (χ0) is 43.2. The fraction of sp³-hybridized carbons (Fsp3) is 0.488. The van der Waals surface area contributed by atoms with Gasteiger partial charge in [0, 0.05) is 48.1 Å². The minimum Gasteiger partial charge on any atom is -0.394 e. The molecule has 0 saturated heterocycles. The molecule has 6 atom stereocenters. The Bertz CT molecular complexity index is 1960. The minimum atomic E-state index is -1.30. The summed E-state index contributed by atoms with van der Waals surface area (Å²) < 4.78 is 0. The molecule has 7 N–H and O–H groups in total. The number of benzene rings is 2. The van der Waals surface area contributed by atoms with Crippen molar-refractivity contribution in [3.8, 4) is 0 Å². The number of hydrogen-bond acceptors (Lipinski definition) is 13. The van der Waals surface area contributed by atoms with Crippen molar-refractivity contribution in [1.29, 1.82) is 0 Å². The molecular weight excluding hydrogens is 797 g/mol. The van der Waals surface area contributed by atoms with Crippen LogP contribution in [0.25, 0.3) is 10.8 Å². The lowest BCUT2D eigenvalue weighted by molar-refractivity contribution is -0.388. The predicted molar refractivity (Wildman–Crippen MR) is 231 cm³/mol. The highest BCUT2D eigenvalue weighted by molar-refractivity contribution is 8.76. The first-order valence-corrected chi connectivity index (χ1v) is 22.0. The Morgan fingerprint density at radius 3 is 2.39 bits per heavy atom. The van der Waals surface area contributed by atoms with Gasteiger partial charge in [0.15, 0.2) is 5.03 Å². The van der Waals surface area contributed by atoms with Crippen LogP contribution in [0.5, 0.6) is 0 Å². The van der Waals surface area contributed by atoms with Crippen molar-refractivity contribution in [3.63, 3.8) is 0 Å². The van der Waals surface area contributed by atoms with E-state index in [0.717, 1.165) is 33.7 Å². The van der Waals surface area contributed by atoms with Gasteiger partial charge < -0.3 is 36.8 Å². The standard InChI is InChI=1S/C41H56N8O8S2/c1-6-26(4)33(23-50)45-38(53)21-36(51)31(19-25(2)3)46-39(54)32(44-37(52)16-18-58-59-40-35(49(56)57)15-10-17-43-40)20-29-22-47(41(55)27(5)42)24-48(29)34-14-9-12-28-11-7-8-13-30(28)34/h7-15,17,22,25-27,31-33,36,50-51H,6,16,18-21,23-24,42H2,1-5H3,(H,44,52)(H,45,53)(H,46,54)/t26-,27-,31-,32-,33+,36-/m0/s1. The van der Waals surface area contributed by atoms with E-state index in [9.17, 15) is 39.5 Å². The summed E-state index contributed by atoms with van der Waals surface area (Å²) in [6, 6.07) is 13.0. The molecule has 16 nitrogen and oxygen atoms in total. The van der Waals surface area contributed by atoms with Gasteiger partial charge in [0.05, 0.1) is 47.9 Å². The Balaban J connectivity index is 1.61. The predicted octanol–water partition coefficient (Wildman–Crippen LogP) is 4.45. The number of anilines is 1. The Labute approximate surface area is 352 Å². The highest BCUT2D eigenvalue weighted by Crippen LogP contribution is 2.36. The first-order valence-electron chi connectivity index (χ1n) is 19.7. The number of aliphatic hydroxyl groups excluding tert-OH is 2. The molecule has 1 aliphatic heterocycles. The molecule has 320 valence electrons. The number of fused-ring (bicyclic) bond motifs is 1. The summed E-state index contributed by atoms with van der Waals surface area (Å²) in [4.78, 5) is 72.7. The SMILES string of the molecule is CC[C@H](C)[C@@H](CO)NC(=O)C[C@H](O)[C@H](CC(C)C)NC(=O)[C@H](CC1=CN(C(=O)[C@H](C)N)CN1c1cccc2ccccc12)NC(=O)CCSSc1ncccc1[N+](=O)[O-]. The van der Waals surface area contributed by atoms with Crippen molar-refractivity contribution in [1.82, 2.24) is 25.8 Å². The van der Waals surface area contributed by atoms with E-state index in [4.69, 9.17) is 5.73 Å². The molecular formula is C41H56N8O8S2. The molecule has 0 fully saturated rings. The Kier molecular flexibility index (Phi) is 18.0. The van der Waals surface area contributed by atoms with Crippen molar-refractivity contribution in [2.45, 2.75) is 102 Å². The second-order valence-electron chi connectivity index (χ2n) is 15.1. The first-order chi connectivity index (χ1) is 28.1. The molecule has 0 unspecified atom stereocenters. The van der Waals surface area contributed by atoms with Crippen molar-refractivity contribution < 1.29 is 34.3 Å². The number of nitrogens with one attached hydrogen (secondary N) is 3. The highest BCUT2D eigenvalue weighted by atomic mass is 33.1. The normalized spacial score (nSPS) is 15.8. The van der Waals surface area contributed by atoms with Crippen LogP contribution in [0.2, 0.25) is 0 Å². The number of nitro groups is 1. The monoisotopic (exact) mass is 852 g/mol. The largest absolute Gasteiger partial charge is 0.394 e. The molecule has 4 amide bonds. The summed E-state index contributed by atoms with van der Waals surface area (Å²) in [5, 5.41) is 43.3. The molecule has 3 aromatic rings. The molecule has 0 bridgehead atoms. The summed E-state index contributed by atoms with van der Waals surface area (Å²) in [6.45, 7) is 9.12. The third kappa shape index (κ3) is 13.4. The van der Waals surface area contributed by atoms with Crippen LogP contribution in [0.3, 0.4) is 0 Å². The van der Waals surface area contributed by atoms with Crippen molar-refractivity contribution in [3.05, 3.63) is 82.8 Å². The van der Waals surface area contributed by atoms with Crippen LogP contribution >= 0.6 is 21.6 Å². The third-order valence-corrected chi connectivity index (χ3v) is 12.3. The zero-order valence-corrected chi connectivity index (χ0v) is 35.7. The van der Waals surface area contributed by atoms with E-state index in [-0.39, 0.29) is 66.7 Å². The van der Waals surface area contributed by atoms with Gasteiger partial charge in [-0.15, -0.1) is 0 Å². The van der Waals surface area contributed by atoms with Crippen LogP contribution in [-0.4, -0.2) is 97.9 Å². The second kappa shape index (κ2) is 22.6. The van der Waals surface area contributed by atoms with E-state index in [0.29, 0.717) is 12.1 Å². The number of rotatable bonds is 22. The number of pyridine rings is 1. The highest BCUT2D eigenvalue weighted by Gasteiger charge is 2.34. The maximum atomic E-state index is 14.4. The van der Waals surface area contributed by atoms with Gasteiger partial charge in [-0.05, 0) is 53.5 Å². The van der Waals surface area contributed by atoms with E-state index < -0.39 is 52.9 Å². The third-order valence-electron chi connectivity index (χ3n) is 10.0. The zero-order valence-electron chi connectivity index (χ0n) is 34.1. The molecule has 4 rings (SSSR count). The molecule has 0 radical (unpaired) electrons. The van der Waals surface area contributed by atoms with Crippen LogP contribution in [0.4, 0.5) is 11.4 Å². The average molecular weight is 853 g/mol. The number of amides is 4. The Morgan fingerprint density at radius 2 is 1.71 bits per heavy atom. The lowest BCUT2D eigenvalue weighted by Gasteiger charge is -2.30. The number of nitrogens with two attached hydrogens (primary N) is 1. The Hall–Kier alpha value is -4.75. The molecule has 0 spiro atoms. The van der Waals surface area contributed by atoms with Gasteiger partial charge >= 0.3 is 5.69 Å². The van der Waals surface area contributed by atoms with Crippen molar-refractivity contribution in [2.24, 2.45) is 17.6 Å². The van der Waals surface area contributed by atoms with E-state index in [2.05, 4.69) is 20.9 Å². The number of hydrogen-bond donors (Lipinski definition) is 6. The molecule has 59 heavy (non-hydrogen) atoms. The number of aliphatic hydroxyl groups is 2. The number of nitrogens with zero attached hydrogens (tertiary/aromatic N) is 4. The summed E-state index contributed by atoms with van der Waals surface area (Å²) in [7, 11) is 2.27. The quantitative estimate of drug-likeness (QED) is 0.0356. The average Bonchev–Trinajstić information content (AvgIpc) is 3.63. The molecule has 2 heterocycles. The fourth-order valence-corrected chi connectivity index (χ4v) is 8.64. The Morgan fingerprint density at radius 1 is 0.983 bits per heavy atom. The van der Waals surface area contributed by atoms with Gasteiger partial charge in [-0.1, -0.05) is 81.3 Å². The molecule has 1 aromatic heterocycles. The second-order valence-corrected chi connectivity index (χ2v) is 17.5. The van der Waals surface area contributed by atoms with Crippen LogP contribution in [0.1, 0.15) is 66.7 Å². The lowest BCUT2D eigenvalue weighted by Crippen LogP contribution is -2.54. The van der Waals surface area contributed by atoms with Crippen molar-refractivity contribution >= 4 is 67.4 Å². The van der Waals surface area contributed by atoms with E-state index in [1.807, 2.05) is 75.1 Å². The van der Waals surface area contributed by atoms with Gasteiger partial charge in [-0.3, -0.25) is 34.2 Å². The molecule has 2 aromatic carbocycles. The van der Waals surface area contributed by atoms with Crippen LogP contribution < -0.4 is 26.6 Å². The number of carbonyl (C=O) groups is 4. The van der Waals surface area contributed by atoms with Gasteiger partial charge in [-0.2, -0.15) is 0 Å². The van der Waals surface area contributed by atoms with Crippen molar-refractivity contribution in [2.75, 3.05) is 23.9 Å².